The summed E-state index contributed by atoms with van der Waals surface area (Å²) < 4.78 is 0. The summed E-state index contributed by atoms with van der Waals surface area (Å²) in [7, 11) is 0. The van der Waals surface area contributed by atoms with Gasteiger partial charge in [-0.05, 0) is 24.8 Å². The van der Waals surface area contributed by atoms with Crippen LogP contribution in [-0.4, -0.2) is 48.3 Å². The molecule has 2 atom stereocenters. The first kappa shape index (κ1) is 12.8. The fraction of sp³-hybridized carbons (Fsp3) is 0.714. The largest absolute Gasteiger partial charge is 0.391 e. The van der Waals surface area contributed by atoms with E-state index in [2.05, 4.69) is 23.7 Å². The van der Waals surface area contributed by atoms with E-state index < -0.39 is 0 Å². The molecule has 2 rings (SSSR count). The van der Waals surface area contributed by atoms with Crippen molar-refractivity contribution in [3.8, 4) is 0 Å². The summed E-state index contributed by atoms with van der Waals surface area (Å²) in [6, 6.07) is 0.316. The number of nitrogens with one attached hydrogen (secondary N) is 1. The summed E-state index contributed by atoms with van der Waals surface area (Å²) in [6.07, 6.45) is 4.57. The molecule has 96 valence electrons. The van der Waals surface area contributed by atoms with Crippen LogP contribution in [0.2, 0.25) is 0 Å². The molecule has 1 heterocycles. The van der Waals surface area contributed by atoms with E-state index in [4.69, 9.17) is 0 Å². The van der Waals surface area contributed by atoms with E-state index in [-0.39, 0.29) is 6.10 Å². The first-order valence-corrected chi connectivity index (χ1v) is 6.72. The van der Waals surface area contributed by atoms with Crippen LogP contribution in [-0.2, 0) is 0 Å². The maximum Gasteiger partial charge on any atom is 0.0738 e. The van der Waals surface area contributed by atoms with Crippen molar-refractivity contribution in [1.82, 2.24) is 10.2 Å². The molecule has 3 heteroatoms. The van der Waals surface area contributed by atoms with E-state index in [0.717, 1.165) is 45.4 Å². The fourth-order valence-electron chi connectivity index (χ4n) is 3.01. The van der Waals surface area contributed by atoms with Gasteiger partial charge in [0.1, 0.15) is 0 Å². The predicted octanol–water partition coefficient (Wildman–Crippen LogP) is 1.31. The van der Waals surface area contributed by atoms with Gasteiger partial charge in [0.05, 0.1) is 6.10 Å². The van der Waals surface area contributed by atoms with Gasteiger partial charge >= 0.3 is 0 Å². The monoisotopic (exact) mass is 236 g/mol. The van der Waals surface area contributed by atoms with E-state index in [0.29, 0.717) is 6.04 Å². The van der Waals surface area contributed by atoms with Gasteiger partial charge in [0.2, 0.25) is 0 Å². The molecule has 1 aliphatic carbocycles. The number of rotatable bonds is 3. The summed E-state index contributed by atoms with van der Waals surface area (Å²) in [5.74, 6) is 0. The molecule has 1 aliphatic heterocycles. The van der Waals surface area contributed by atoms with Crippen LogP contribution in [0.1, 0.15) is 26.2 Å². The number of aliphatic hydroxyl groups is 1. The number of hydrogen-bond donors (Lipinski definition) is 2. The molecule has 2 aliphatic rings. The molecule has 0 aromatic rings. The standard InChI is InChI=1S/C14H24N2O/c1-3-11-9-13(14(17)10-12(11)4-2)16-7-5-15-6-8-16/h4,13-15,17H,2-3,5-10H2,1H3. The Morgan fingerprint density at radius 3 is 2.71 bits per heavy atom. The minimum absolute atomic E-state index is 0.226. The summed E-state index contributed by atoms with van der Waals surface area (Å²) >= 11 is 0. The highest BCUT2D eigenvalue weighted by Gasteiger charge is 2.31. The van der Waals surface area contributed by atoms with Gasteiger partial charge < -0.3 is 10.4 Å². The van der Waals surface area contributed by atoms with Gasteiger partial charge in [-0.1, -0.05) is 25.2 Å². The Bertz CT molecular complexity index is 305. The topological polar surface area (TPSA) is 35.5 Å². The highest BCUT2D eigenvalue weighted by molar-refractivity contribution is 5.29. The third kappa shape index (κ3) is 2.79. The van der Waals surface area contributed by atoms with E-state index in [1.54, 1.807) is 0 Å². The summed E-state index contributed by atoms with van der Waals surface area (Å²) in [5.41, 5.74) is 2.75. The molecule has 3 nitrogen and oxygen atoms in total. The lowest BCUT2D eigenvalue weighted by atomic mass is 9.84. The zero-order valence-corrected chi connectivity index (χ0v) is 10.8. The number of piperazine rings is 1. The molecule has 0 bridgehead atoms. The van der Waals surface area contributed by atoms with E-state index in [9.17, 15) is 5.11 Å². The Balaban J connectivity index is 2.09. The Hall–Kier alpha value is -0.640. The number of allylic oxidation sites excluding steroid dienone is 1. The zero-order chi connectivity index (χ0) is 12.3. The summed E-state index contributed by atoms with van der Waals surface area (Å²) in [6.45, 7) is 10.3. The number of aliphatic hydroxyl groups excluding tert-OH is 1. The van der Waals surface area contributed by atoms with Gasteiger partial charge in [-0.2, -0.15) is 0 Å². The van der Waals surface area contributed by atoms with Crippen LogP contribution < -0.4 is 5.32 Å². The highest BCUT2D eigenvalue weighted by Crippen LogP contribution is 2.31. The van der Waals surface area contributed by atoms with Crippen molar-refractivity contribution in [1.29, 1.82) is 0 Å². The molecule has 1 saturated heterocycles. The molecule has 0 saturated carbocycles. The van der Waals surface area contributed by atoms with Crippen LogP contribution >= 0.6 is 0 Å². The second kappa shape index (κ2) is 5.80. The minimum atomic E-state index is -0.226. The molecule has 0 radical (unpaired) electrons. The van der Waals surface area contributed by atoms with Crippen molar-refractivity contribution < 1.29 is 5.11 Å². The van der Waals surface area contributed by atoms with Crippen molar-refractivity contribution in [2.24, 2.45) is 0 Å². The molecule has 0 aromatic heterocycles. The van der Waals surface area contributed by atoms with E-state index in [1.807, 2.05) is 6.08 Å². The van der Waals surface area contributed by atoms with Crippen molar-refractivity contribution in [2.45, 2.75) is 38.3 Å². The Kier molecular flexibility index (Phi) is 4.37. The predicted molar refractivity (Wildman–Crippen MR) is 71.0 cm³/mol. The van der Waals surface area contributed by atoms with Gasteiger partial charge in [-0.3, -0.25) is 4.90 Å². The van der Waals surface area contributed by atoms with Crippen LogP contribution in [0.15, 0.2) is 23.8 Å². The molecule has 0 aromatic carbocycles. The van der Waals surface area contributed by atoms with E-state index in [1.165, 1.54) is 11.1 Å². The molecule has 1 fully saturated rings. The van der Waals surface area contributed by atoms with Crippen LogP contribution in [0.25, 0.3) is 0 Å². The molecule has 2 unspecified atom stereocenters. The van der Waals surface area contributed by atoms with E-state index >= 15 is 0 Å². The normalized spacial score (nSPS) is 31.6. The lowest BCUT2D eigenvalue weighted by Gasteiger charge is -2.41. The summed E-state index contributed by atoms with van der Waals surface area (Å²) in [4.78, 5) is 2.44. The van der Waals surface area contributed by atoms with Crippen molar-refractivity contribution in [3.63, 3.8) is 0 Å². The Morgan fingerprint density at radius 1 is 1.41 bits per heavy atom. The van der Waals surface area contributed by atoms with Crippen LogP contribution in [0, 0.1) is 0 Å². The molecule has 0 spiro atoms. The Labute approximate surface area is 104 Å². The maximum atomic E-state index is 10.3. The summed E-state index contributed by atoms with van der Waals surface area (Å²) in [5, 5.41) is 13.7. The molecular weight excluding hydrogens is 212 g/mol. The van der Waals surface area contributed by atoms with Gasteiger partial charge in [0.15, 0.2) is 0 Å². The maximum absolute atomic E-state index is 10.3. The van der Waals surface area contributed by atoms with Crippen molar-refractivity contribution >= 4 is 0 Å². The molecule has 2 N–H and O–H groups in total. The van der Waals surface area contributed by atoms with Gasteiger partial charge in [0.25, 0.3) is 0 Å². The first-order valence-electron chi connectivity index (χ1n) is 6.72. The second-order valence-electron chi connectivity index (χ2n) is 5.02. The zero-order valence-electron chi connectivity index (χ0n) is 10.8. The lowest BCUT2D eigenvalue weighted by Crippen LogP contribution is -2.53. The third-order valence-electron chi connectivity index (χ3n) is 4.08. The Morgan fingerprint density at radius 2 is 2.12 bits per heavy atom. The average Bonchev–Trinajstić information content (AvgIpc) is 2.39. The fourth-order valence-corrected chi connectivity index (χ4v) is 3.01. The lowest BCUT2D eigenvalue weighted by molar-refractivity contribution is 0.0366. The molecule has 0 amide bonds. The second-order valence-corrected chi connectivity index (χ2v) is 5.02. The molecule has 17 heavy (non-hydrogen) atoms. The quantitative estimate of drug-likeness (QED) is 0.775. The van der Waals surface area contributed by atoms with Gasteiger partial charge in [-0.25, -0.2) is 0 Å². The van der Waals surface area contributed by atoms with Gasteiger partial charge in [0, 0.05) is 32.2 Å². The average molecular weight is 236 g/mol. The third-order valence-corrected chi connectivity index (χ3v) is 4.08. The number of hydrogen-bond acceptors (Lipinski definition) is 3. The smallest absolute Gasteiger partial charge is 0.0738 e. The van der Waals surface area contributed by atoms with Crippen LogP contribution in [0.4, 0.5) is 0 Å². The van der Waals surface area contributed by atoms with Crippen molar-refractivity contribution in [2.75, 3.05) is 26.2 Å². The highest BCUT2D eigenvalue weighted by atomic mass is 16.3. The van der Waals surface area contributed by atoms with Crippen LogP contribution in [0.3, 0.4) is 0 Å². The van der Waals surface area contributed by atoms with Crippen molar-refractivity contribution in [3.05, 3.63) is 23.8 Å². The molecular formula is C14H24N2O. The first-order chi connectivity index (χ1) is 8.26. The SMILES string of the molecule is C=CC1=C(CC)CC(N2CCNCC2)C(O)C1. The minimum Gasteiger partial charge on any atom is -0.391 e. The van der Waals surface area contributed by atoms with Crippen LogP contribution in [0.5, 0.6) is 0 Å². The number of nitrogens with zero attached hydrogens (tertiary/aromatic N) is 1. The van der Waals surface area contributed by atoms with Gasteiger partial charge in [-0.15, -0.1) is 0 Å².